The van der Waals surface area contributed by atoms with Crippen molar-refractivity contribution in [3.05, 3.63) is 23.8 Å². The number of ether oxygens (including phenoxy) is 2. The van der Waals surface area contributed by atoms with E-state index in [1.54, 1.807) is 14.0 Å². The van der Waals surface area contributed by atoms with Gasteiger partial charge < -0.3 is 24.6 Å². The van der Waals surface area contributed by atoms with Gasteiger partial charge >= 0.3 is 0 Å². The van der Waals surface area contributed by atoms with Crippen LogP contribution in [0.2, 0.25) is 0 Å². The van der Waals surface area contributed by atoms with Crippen molar-refractivity contribution in [1.29, 1.82) is 0 Å². The largest absolute Gasteiger partial charge is 0.496 e. The number of hydrogen-bond acceptors (Lipinski definition) is 5. The minimum absolute atomic E-state index is 0.503. The Morgan fingerprint density at radius 1 is 1.38 bits per heavy atom. The average Bonchev–Trinajstić information content (AvgIpc) is 2.46. The quantitative estimate of drug-likeness (QED) is 0.866. The summed E-state index contributed by atoms with van der Waals surface area (Å²) >= 11 is 0. The van der Waals surface area contributed by atoms with Gasteiger partial charge in [0.1, 0.15) is 5.75 Å². The predicted octanol–water partition coefficient (Wildman–Crippen LogP) is 1.73. The van der Waals surface area contributed by atoms with E-state index in [2.05, 4.69) is 0 Å². The molecule has 0 saturated carbocycles. The molecule has 1 aromatic carbocycles. The van der Waals surface area contributed by atoms with Crippen LogP contribution in [0.15, 0.2) is 18.2 Å². The van der Waals surface area contributed by atoms with Crippen LogP contribution in [0.3, 0.4) is 0 Å². The number of aliphatic hydroxyl groups is 2. The van der Waals surface area contributed by atoms with E-state index in [4.69, 9.17) is 9.47 Å². The molecular weight excluding hydrogens is 270 g/mol. The molecule has 0 spiro atoms. The highest BCUT2D eigenvalue weighted by Gasteiger charge is 2.32. The lowest BCUT2D eigenvalue weighted by Crippen LogP contribution is -2.46. The van der Waals surface area contributed by atoms with Gasteiger partial charge in [-0.3, -0.25) is 0 Å². The first kappa shape index (κ1) is 16.1. The maximum absolute atomic E-state index is 10.6. The molecule has 1 heterocycles. The summed E-state index contributed by atoms with van der Waals surface area (Å²) in [4.78, 5) is 1.98. The molecule has 0 unspecified atom stereocenters. The summed E-state index contributed by atoms with van der Waals surface area (Å²) in [5, 5.41) is 20.7. The molecular formula is C16H25NO4. The van der Waals surface area contributed by atoms with Crippen molar-refractivity contribution in [3.8, 4) is 5.75 Å². The van der Waals surface area contributed by atoms with Gasteiger partial charge in [0.25, 0.3) is 0 Å². The van der Waals surface area contributed by atoms with Crippen molar-refractivity contribution in [1.82, 2.24) is 0 Å². The maximum Gasteiger partial charge on any atom is 0.126 e. The second kappa shape index (κ2) is 6.64. The molecule has 2 rings (SSSR count). The SMILES string of the molecule is COc1cccc(N(C)CC2(O)CCOCC2)c1[C@@H](C)O. The Labute approximate surface area is 126 Å². The van der Waals surface area contributed by atoms with Crippen molar-refractivity contribution in [2.75, 3.05) is 38.8 Å². The van der Waals surface area contributed by atoms with E-state index in [1.807, 2.05) is 30.1 Å². The van der Waals surface area contributed by atoms with Gasteiger partial charge in [-0.1, -0.05) is 6.07 Å². The van der Waals surface area contributed by atoms with Crippen LogP contribution in [0.1, 0.15) is 31.4 Å². The predicted molar refractivity (Wildman–Crippen MR) is 81.9 cm³/mol. The number of methoxy groups -OCH3 is 1. The Balaban J connectivity index is 2.24. The van der Waals surface area contributed by atoms with Gasteiger partial charge in [0.2, 0.25) is 0 Å². The number of rotatable bonds is 5. The Morgan fingerprint density at radius 2 is 2.05 bits per heavy atom. The van der Waals surface area contributed by atoms with E-state index in [9.17, 15) is 10.2 Å². The van der Waals surface area contributed by atoms with Crippen LogP contribution in [0.25, 0.3) is 0 Å². The topological polar surface area (TPSA) is 62.2 Å². The number of anilines is 1. The number of hydrogen-bond donors (Lipinski definition) is 2. The first-order valence-corrected chi connectivity index (χ1v) is 7.33. The zero-order chi connectivity index (χ0) is 15.5. The third kappa shape index (κ3) is 3.67. The zero-order valence-electron chi connectivity index (χ0n) is 13.0. The van der Waals surface area contributed by atoms with E-state index < -0.39 is 11.7 Å². The van der Waals surface area contributed by atoms with E-state index >= 15 is 0 Å². The number of benzene rings is 1. The molecule has 1 aromatic rings. The van der Waals surface area contributed by atoms with Crippen molar-refractivity contribution in [2.45, 2.75) is 31.5 Å². The molecule has 1 aliphatic rings. The molecule has 0 amide bonds. The zero-order valence-corrected chi connectivity index (χ0v) is 13.0. The summed E-state index contributed by atoms with van der Waals surface area (Å²) in [6.45, 7) is 3.40. The first-order chi connectivity index (χ1) is 9.97. The molecule has 1 fully saturated rings. The van der Waals surface area contributed by atoms with Crippen molar-refractivity contribution < 1.29 is 19.7 Å². The third-order valence-corrected chi connectivity index (χ3v) is 4.05. The molecule has 1 aliphatic heterocycles. The summed E-state index contributed by atoms with van der Waals surface area (Å²) in [6, 6.07) is 5.67. The van der Waals surface area contributed by atoms with Crippen LogP contribution in [0, 0.1) is 0 Å². The van der Waals surface area contributed by atoms with Crippen LogP contribution in [0.4, 0.5) is 5.69 Å². The molecule has 2 N–H and O–H groups in total. The fourth-order valence-corrected chi connectivity index (χ4v) is 2.90. The van der Waals surface area contributed by atoms with Crippen LogP contribution in [0.5, 0.6) is 5.75 Å². The van der Waals surface area contributed by atoms with Crippen LogP contribution in [-0.4, -0.2) is 49.7 Å². The molecule has 0 bridgehead atoms. The molecule has 118 valence electrons. The number of aliphatic hydroxyl groups excluding tert-OH is 1. The van der Waals surface area contributed by atoms with Crippen molar-refractivity contribution in [2.24, 2.45) is 0 Å². The van der Waals surface area contributed by atoms with Crippen molar-refractivity contribution in [3.63, 3.8) is 0 Å². The molecule has 1 saturated heterocycles. The molecule has 5 nitrogen and oxygen atoms in total. The number of nitrogens with zero attached hydrogens (tertiary/aromatic N) is 1. The fourth-order valence-electron chi connectivity index (χ4n) is 2.90. The van der Waals surface area contributed by atoms with Gasteiger partial charge in [0.05, 0.1) is 18.8 Å². The van der Waals surface area contributed by atoms with E-state index in [-0.39, 0.29) is 0 Å². The monoisotopic (exact) mass is 295 g/mol. The maximum atomic E-state index is 10.6. The fraction of sp³-hybridized carbons (Fsp3) is 0.625. The summed E-state index contributed by atoms with van der Waals surface area (Å²) in [5.41, 5.74) is 0.883. The smallest absolute Gasteiger partial charge is 0.126 e. The minimum atomic E-state index is -0.744. The number of likely N-dealkylation sites (N-methyl/N-ethyl adjacent to an activating group) is 1. The van der Waals surface area contributed by atoms with Gasteiger partial charge in [-0.15, -0.1) is 0 Å². The lowest BCUT2D eigenvalue weighted by Gasteiger charge is -2.37. The average molecular weight is 295 g/mol. The molecule has 0 aliphatic carbocycles. The highest BCUT2D eigenvalue weighted by atomic mass is 16.5. The second-order valence-electron chi connectivity index (χ2n) is 5.76. The Bertz CT molecular complexity index is 469. The minimum Gasteiger partial charge on any atom is -0.496 e. The van der Waals surface area contributed by atoms with Crippen LogP contribution < -0.4 is 9.64 Å². The van der Waals surface area contributed by atoms with E-state index in [0.717, 1.165) is 11.3 Å². The molecule has 21 heavy (non-hydrogen) atoms. The third-order valence-electron chi connectivity index (χ3n) is 4.05. The van der Waals surface area contributed by atoms with Gasteiger partial charge in [-0.25, -0.2) is 0 Å². The normalized spacial score (nSPS) is 19.1. The summed E-state index contributed by atoms with van der Waals surface area (Å²) in [6.07, 6.45) is 0.624. The second-order valence-corrected chi connectivity index (χ2v) is 5.76. The van der Waals surface area contributed by atoms with Crippen molar-refractivity contribution >= 4 is 5.69 Å². The van der Waals surface area contributed by atoms with Crippen LogP contribution in [-0.2, 0) is 4.74 Å². The summed E-state index contributed by atoms with van der Waals surface area (Å²) in [7, 11) is 3.52. The summed E-state index contributed by atoms with van der Waals surface area (Å²) in [5.74, 6) is 0.660. The first-order valence-electron chi connectivity index (χ1n) is 7.33. The van der Waals surface area contributed by atoms with Gasteiger partial charge in [-0.2, -0.15) is 0 Å². The Kier molecular flexibility index (Phi) is 5.08. The van der Waals surface area contributed by atoms with Gasteiger partial charge in [0.15, 0.2) is 0 Å². The van der Waals surface area contributed by atoms with E-state index in [0.29, 0.717) is 38.3 Å². The Morgan fingerprint density at radius 3 is 2.62 bits per heavy atom. The lowest BCUT2D eigenvalue weighted by molar-refractivity contribution is -0.0573. The van der Waals surface area contributed by atoms with E-state index in [1.165, 1.54) is 0 Å². The molecule has 0 aromatic heterocycles. The highest BCUT2D eigenvalue weighted by molar-refractivity contribution is 5.60. The van der Waals surface area contributed by atoms with Gasteiger partial charge in [0, 0.05) is 50.9 Å². The highest BCUT2D eigenvalue weighted by Crippen LogP contribution is 2.35. The molecule has 1 atom stereocenters. The standard InChI is InChI=1S/C16H25NO4/c1-12(18)15-13(5-4-6-14(15)20-3)17(2)11-16(19)7-9-21-10-8-16/h4-6,12,18-19H,7-11H2,1-3H3/t12-/m1/s1. The summed E-state index contributed by atoms with van der Waals surface area (Å²) < 4.78 is 10.7. The Hall–Kier alpha value is -1.30. The van der Waals surface area contributed by atoms with Crippen LogP contribution >= 0.6 is 0 Å². The molecule has 5 heteroatoms. The lowest BCUT2D eigenvalue weighted by atomic mass is 9.93. The van der Waals surface area contributed by atoms with Gasteiger partial charge in [-0.05, 0) is 19.1 Å². The molecule has 0 radical (unpaired) electrons.